The normalized spacial score (nSPS) is 12.3. The summed E-state index contributed by atoms with van der Waals surface area (Å²) in [4.78, 5) is 15.1. The van der Waals surface area contributed by atoms with Crippen LogP contribution in [0.4, 0.5) is 5.82 Å². The Hall–Kier alpha value is -2.51. The summed E-state index contributed by atoms with van der Waals surface area (Å²) in [6, 6.07) is 3.55. The number of hydrogen-bond donors (Lipinski definition) is 4. The first-order valence-corrected chi connectivity index (χ1v) is 10.5. The van der Waals surface area contributed by atoms with Crippen molar-refractivity contribution < 1.29 is 9.90 Å². The van der Waals surface area contributed by atoms with E-state index in [1.165, 1.54) is 0 Å². The van der Waals surface area contributed by atoms with E-state index in [0.717, 1.165) is 81.3 Å². The molecule has 2 aromatic heterocycles. The Morgan fingerprint density at radius 2 is 1.90 bits per heavy atom. The number of carbonyl (C=O) groups is 1. The number of anilines is 1. The Morgan fingerprint density at radius 3 is 2.62 bits per heavy atom. The van der Waals surface area contributed by atoms with Crippen molar-refractivity contribution in [2.45, 2.75) is 57.5 Å². The highest BCUT2D eigenvalue weighted by Gasteiger charge is 2.09. The van der Waals surface area contributed by atoms with E-state index >= 15 is 0 Å². The minimum Gasteiger partial charge on any atom is -0.393 e. The first-order valence-electron chi connectivity index (χ1n) is 10.5. The Labute approximate surface area is 172 Å². The number of aliphatic hydroxyl groups is 1. The molecule has 0 aliphatic rings. The Balaban J connectivity index is 1.60. The van der Waals surface area contributed by atoms with Gasteiger partial charge in [-0.2, -0.15) is 5.10 Å². The summed E-state index contributed by atoms with van der Waals surface area (Å²) in [7, 11) is 0. The van der Waals surface area contributed by atoms with Gasteiger partial charge < -0.3 is 16.2 Å². The van der Waals surface area contributed by atoms with Crippen LogP contribution in [0.1, 0.15) is 61.7 Å². The molecule has 2 aromatic rings. The molecule has 0 bridgehead atoms. The molecule has 1 unspecified atom stereocenters. The molecule has 2 rings (SSSR count). The van der Waals surface area contributed by atoms with Crippen molar-refractivity contribution in [1.29, 1.82) is 0 Å². The third kappa shape index (κ3) is 8.58. The second-order valence-corrected chi connectivity index (χ2v) is 7.16. The van der Waals surface area contributed by atoms with Gasteiger partial charge in [0.15, 0.2) is 6.29 Å². The summed E-state index contributed by atoms with van der Waals surface area (Å²) < 4.78 is 0. The van der Waals surface area contributed by atoms with Crippen LogP contribution < -0.4 is 11.1 Å². The first kappa shape index (κ1) is 22.8. The predicted octanol–water partition coefficient (Wildman–Crippen LogP) is 3.69. The molecule has 0 saturated heterocycles. The number of hydrogen-bond acceptors (Lipinski definition) is 6. The number of aromatic nitrogens is 3. The molecule has 0 amide bonds. The summed E-state index contributed by atoms with van der Waals surface area (Å²) in [5, 5.41) is 20.5. The number of aldehydes is 1. The van der Waals surface area contributed by atoms with Crippen LogP contribution in [0.25, 0.3) is 11.3 Å². The summed E-state index contributed by atoms with van der Waals surface area (Å²) in [5.41, 5.74) is 7.63. The molecule has 0 radical (unpaired) electrons. The molecule has 1 atom stereocenters. The number of unbranched alkanes of at least 4 members (excludes halogenated alkanes) is 3. The highest BCUT2D eigenvalue weighted by Crippen LogP contribution is 2.24. The van der Waals surface area contributed by atoms with E-state index in [4.69, 9.17) is 5.73 Å². The lowest BCUT2D eigenvalue weighted by Gasteiger charge is -2.11. The fourth-order valence-electron chi connectivity index (χ4n) is 3.09. The van der Waals surface area contributed by atoms with Crippen LogP contribution in [0.15, 0.2) is 36.7 Å². The van der Waals surface area contributed by atoms with Crippen molar-refractivity contribution in [3.63, 3.8) is 0 Å². The van der Waals surface area contributed by atoms with Gasteiger partial charge >= 0.3 is 0 Å². The quantitative estimate of drug-likeness (QED) is 0.206. The van der Waals surface area contributed by atoms with Gasteiger partial charge in [-0.05, 0) is 63.6 Å². The monoisotopic (exact) mass is 399 g/mol. The third-order valence-electron chi connectivity index (χ3n) is 4.76. The van der Waals surface area contributed by atoms with Crippen molar-refractivity contribution in [3.05, 3.63) is 42.2 Å². The number of pyridine rings is 1. The Kier molecular flexibility index (Phi) is 10.7. The van der Waals surface area contributed by atoms with E-state index in [0.29, 0.717) is 12.1 Å². The molecule has 0 spiro atoms. The lowest BCUT2D eigenvalue weighted by atomic mass is 10.0. The molecule has 158 valence electrons. The molecule has 7 nitrogen and oxygen atoms in total. The van der Waals surface area contributed by atoms with Gasteiger partial charge in [-0.25, -0.2) is 0 Å². The van der Waals surface area contributed by atoms with Gasteiger partial charge in [-0.15, -0.1) is 0 Å². The van der Waals surface area contributed by atoms with Crippen LogP contribution in [0.2, 0.25) is 0 Å². The second kappa shape index (κ2) is 13.6. The van der Waals surface area contributed by atoms with Crippen LogP contribution in [-0.4, -0.2) is 45.8 Å². The topological polar surface area (TPSA) is 117 Å². The van der Waals surface area contributed by atoms with Crippen LogP contribution in [0, 0.1) is 0 Å². The van der Waals surface area contributed by atoms with Gasteiger partial charge in [-0.3, -0.25) is 14.9 Å². The van der Waals surface area contributed by atoms with Crippen LogP contribution in [0.5, 0.6) is 0 Å². The lowest BCUT2D eigenvalue weighted by molar-refractivity contribution is 0.112. The number of allylic oxidation sites excluding steroid dienone is 1. The minimum atomic E-state index is -0.216. The zero-order chi connectivity index (χ0) is 20.7. The van der Waals surface area contributed by atoms with Gasteiger partial charge in [0.1, 0.15) is 5.82 Å². The number of rotatable bonds is 15. The maximum atomic E-state index is 10.7. The maximum absolute atomic E-state index is 10.7. The minimum absolute atomic E-state index is 0.216. The molecule has 0 aliphatic heterocycles. The van der Waals surface area contributed by atoms with Gasteiger partial charge in [-0.1, -0.05) is 18.6 Å². The number of aliphatic hydroxyl groups excluding tert-OH is 1. The molecule has 2 heterocycles. The second-order valence-electron chi connectivity index (χ2n) is 7.16. The molecule has 0 aromatic carbocycles. The van der Waals surface area contributed by atoms with Crippen molar-refractivity contribution in [2.24, 2.45) is 5.73 Å². The number of aromatic amines is 1. The largest absolute Gasteiger partial charge is 0.393 e. The van der Waals surface area contributed by atoms with E-state index in [-0.39, 0.29) is 6.10 Å². The van der Waals surface area contributed by atoms with E-state index in [2.05, 4.69) is 32.7 Å². The van der Waals surface area contributed by atoms with Crippen LogP contribution >= 0.6 is 0 Å². The molecule has 0 saturated carbocycles. The summed E-state index contributed by atoms with van der Waals surface area (Å²) in [6.45, 7) is 1.50. The molecule has 7 heteroatoms. The number of carbonyl (C=O) groups excluding carboxylic acids is 1. The van der Waals surface area contributed by atoms with E-state index in [9.17, 15) is 9.90 Å². The number of nitrogens with zero attached hydrogens (tertiary/aromatic N) is 2. The molecule has 0 aliphatic carbocycles. The highest BCUT2D eigenvalue weighted by molar-refractivity contribution is 5.77. The molecule has 29 heavy (non-hydrogen) atoms. The predicted molar refractivity (Wildman–Crippen MR) is 117 cm³/mol. The highest BCUT2D eigenvalue weighted by atomic mass is 16.3. The third-order valence-corrected chi connectivity index (χ3v) is 4.76. The van der Waals surface area contributed by atoms with E-state index in [1.54, 1.807) is 18.5 Å². The summed E-state index contributed by atoms with van der Waals surface area (Å²) in [5.74, 6) is 0.819. The zero-order valence-electron chi connectivity index (χ0n) is 17.0. The molecule has 5 N–H and O–H groups in total. The standard InChI is InChI=1S/C22H33N5O2/c23-13-7-4-2-1-3-5-9-19(29)10-6-8-14-24-22-20(16-26-27-22)21-12-11-18(17-28)15-25-21/h2,4,11-12,15-17,19,29H,1,3,5-10,13-14,23H2,(H2,24,26,27)/b4-2+. The van der Waals surface area contributed by atoms with Crippen molar-refractivity contribution in [1.82, 2.24) is 15.2 Å². The SMILES string of the molecule is NCC/C=C/CCCCC(O)CCCCNc1[nH]ncc1-c1ccc(C=O)cn1. The van der Waals surface area contributed by atoms with Gasteiger partial charge in [0.25, 0.3) is 0 Å². The zero-order valence-corrected chi connectivity index (χ0v) is 17.0. The number of nitrogens with one attached hydrogen (secondary N) is 2. The van der Waals surface area contributed by atoms with Gasteiger partial charge in [0, 0.05) is 18.3 Å². The van der Waals surface area contributed by atoms with E-state index < -0.39 is 0 Å². The van der Waals surface area contributed by atoms with Gasteiger partial charge in [0.05, 0.1) is 23.6 Å². The molecule has 0 fully saturated rings. The molecular weight excluding hydrogens is 366 g/mol. The molecular formula is C22H33N5O2. The van der Waals surface area contributed by atoms with Crippen LogP contribution in [0.3, 0.4) is 0 Å². The fraction of sp³-hybridized carbons (Fsp3) is 0.500. The summed E-state index contributed by atoms with van der Waals surface area (Å²) in [6.07, 6.45) is 16.0. The average molecular weight is 400 g/mol. The number of H-pyrrole nitrogens is 1. The Morgan fingerprint density at radius 1 is 1.10 bits per heavy atom. The van der Waals surface area contributed by atoms with E-state index in [1.807, 2.05) is 6.07 Å². The number of nitrogens with two attached hydrogens (primary N) is 1. The average Bonchev–Trinajstić information content (AvgIpc) is 3.21. The van der Waals surface area contributed by atoms with Crippen LogP contribution in [-0.2, 0) is 0 Å². The maximum Gasteiger partial charge on any atom is 0.151 e. The Bertz CT molecular complexity index is 727. The van der Waals surface area contributed by atoms with Crippen molar-refractivity contribution in [2.75, 3.05) is 18.4 Å². The van der Waals surface area contributed by atoms with Gasteiger partial charge in [0.2, 0.25) is 0 Å². The lowest BCUT2D eigenvalue weighted by Crippen LogP contribution is -2.08. The van der Waals surface area contributed by atoms with Crippen molar-refractivity contribution in [3.8, 4) is 11.3 Å². The summed E-state index contributed by atoms with van der Waals surface area (Å²) >= 11 is 0. The smallest absolute Gasteiger partial charge is 0.151 e. The van der Waals surface area contributed by atoms with Crippen molar-refractivity contribution >= 4 is 12.1 Å². The first-order chi connectivity index (χ1) is 14.2. The fourth-order valence-corrected chi connectivity index (χ4v) is 3.09.